The first-order chi connectivity index (χ1) is 8.97. The number of hydrogen-bond donors (Lipinski definition) is 2. The molecule has 0 unspecified atom stereocenters. The molecule has 0 radical (unpaired) electrons. The Morgan fingerprint density at radius 3 is 2.68 bits per heavy atom. The SMILES string of the molecule is COc1ccc(/C=C(/C#N)C(=O)NC(C)C)cc1O. The van der Waals surface area contributed by atoms with Crippen molar-refractivity contribution in [3.8, 4) is 17.6 Å². The molecule has 0 saturated heterocycles. The Bertz CT molecular complexity index is 542. The summed E-state index contributed by atoms with van der Waals surface area (Å²) in [5.74, 6) is -0.145. The van der Waals surface area contributed by atoms with Gasteiger partial charge in [-0.2, -0.15) is 5.26 Å². The Balaban J connectivity index is 3.02. The molecule has 0 atom stereocenters. The van der Waals surface area contributed by atoms with E-state index in [0.29, 0.717) is 11.3 Å². The van der Waals surface area contributed by atoms with Gasteiger partial charge >= 0.3 is 0 Å². The van der Waals surface area contributed by atoms with E-state index in [1.807, 2.05) is 19.9 Å². The van der Waals surface area contributed by atoms with E-state index in [2.05, 4.69) is 5.32 Å². The van der Waals surface area contributed by atoms with Gasteiger partial charge in [-0.25, -0.2) is 0 Å². The summed E-state index contributed by atoms with van der Waals surface area (Å²) in [4.78, 5) is 11.7. The Kier molecular flexibility index (Phi) is 4.95. The van der Waals surface area contributed by atoms with Crippen LogP contribution in [-0.4, -0.2) is 24.2 Å². The second kappa shape index (κ2) is 6.45. The van der Waals surface area contributed by atoms with Crippen molar-refractivity contribution in [2.45, 2.75) is 19.9 Å². The Hall–Kier alpha value is -2.48. The normalized spacial score (nSPS) is 11.0. The summed E-state index contributed by atoms with van der Waals surface area (Å²) in [6.45, 7) is 3.62. The summed E-state index contributed by atoms with van der Waals surface area (Å²) in [5.41, 5.74) is 0.534. The van der Waals surface area contributed by atoms with Gasteiger partial charge in [-0.05, 0) is 37.6 Å². The topological polar surface area (TPSA) is 82.3 Å². The summed E-state index contributed by atoms with van der Waals surface area (Å²) in [7, 11) is 1.45. The van der Waals surface area contributed by atoms with Gasteiger partial charge in [-0.15, -0.1) is 0 Å². The van der Waals surface area contributed by atoms with Crippen LogP contribution in [0.4, 0.5) is 0 Å². The number of aromatic hydroxyl groups is 1. The largest absolute Gasteiger partial charge is 0.504 e. The van der Waals surface area contributed by atoms with Gasteiger partial charge < -0.3 is 15.2 Å². The molecular weight excluding hydrogens is 244 g/mol. The smallest absolute Gasteiger partial charge is 0.262 e. The Labute approximate surface area is 112 Å². The minimum absolute atomic E-state index is 0.0155. The van der Waals surface area contributed by atoms with Crippen LogP contribution in [0.25, 0.3) is 6.08 Å². The number of methoxy groups -OCH3 is 1. The van der Waals surface area contributed by atoms with Crippen LogP contribution in [0.2, 0.25) is 0 Å². The van der Waals surface area contributed by atoms with Gasteiger partial charge in [-0.3, -0.25) is 4.79 Å². The fourth-order valence-corrected chi connectivity index (χ4v) is 1.45. The third-order valence-electron chi connectivity index (χ3n) is 2.30. The van der Waals surface area contributed by atoms with E-state index in [1.165, 1.54) is 19.3 Å². The first-order valence-corrected chi connectivity index (χ1v) is 5.77. The maximum Gasteiger partial charge on any atom is 0.262 e. The van der Waals surface area contributed by atoms with E-state index in [9.17, 15) is 9.90 Å². The van der Waals surface area contributed by atoms with Crippen LogP contribution in [0.5, 0.6) is 11.5 Å². The molecule has 0 aromatic heterocycles. The number of ether oxygens (including phenoxy) is 1. The first-order valence-electron chi connectivity index (χ1n) is 5.77. The lowest BCUT2D eigenvalue weighted by molar-refractivity contribution is -0.117. The van der Waals surface area contributed by atoms with Crippen LogP contribution >= 0.6 is 0 Å². The second-order valence-corrected chi connectivity index (χ2v) is 4.23. The number of hydrogen-bond acceptors (Lipinski definition) is 4. The molecule has 0 heterocycles. The van der Waals surface area contributed by atoms with E-state index in [0.717, 1.165) is 0 Å². The van der Waals surface area contributed by atoms with Gasteiger partial charge in [0.1, 0.15) is 11.6 Å². The molecule has 2 N–H and O–H groups in total. The third kappa shape index (κ3) is 4.03. The lowest BCUT2D eigenvalue weighted by Crippen LogP contribution is -2.30. The zero-order valence-corrected chi connectivity index (χ0v) is 11.1. The van der Waals surface area contributed by atoms with Crippen LogP contribution in [-0.2, 0) is 4.79 Å². The van der Waals surface area contributed by atoms with Crippen molar-refractivity contribution < 1.29 is 14.6 Å². The summed E-state index contributed by atoms with van der Waals surface area (Å²) in [6.07, 6.45) is 1.41. The van der Waals surface area contributed by atoms with Crippen molar-refractivity contribution >= 4 is 12.0 Å². The van der Waals surface area contributed by atoms with Crippen molar-refractivity contribution in [3.63, 3.8) is 0 Å². The number of nitrogens with zero attached hydrogens (tertiary/aromatic N) is 1. The fourth-order valence-electron chi connectivity index (χ4n) is 1.45. The molecule has 0 aliphatic rings. The summed E-state index contributed by atoms with van der Waals surface area (Å²) >= 11 is 0. The summed E-state index contributed by atoms with van der Waals surface area (Å²) < 4.78 is 4.92. The molecule has 1 aromatic rings. The molecule has 0 saturated carbocycles. The highest BCUT2D eigenvalue weighted by Gasteiger charge is 2.10. The fraction of sp³-hybridized carbons (Fsp3) is 0.286. The zero-order valence-electron chi connectivity index (χ0n) is 11.1. The zero-order chi connectivity index (χ0) is 14.4. The van der Waals surface area contributed by atoms with Crippen LogP contribution in [0, 0.1) is 11.3 Å². The first kappa shape index (κ1) is 14.6. The average Bonchev–Trinajstić information content (AvgIpc) is 2.35. The van der Waals surface area contributed by atoms with Gasteiger partial charge in [0.05, 0.1) is 7.11 Å². The number of phenols is 1. The number of amides is 1. The minimum atomic E-state index is -0.437. The van der Waals surface area contributed by atoms with Crippen molar-refractivity contribution in [1.82, 2.24) is 5.32 Å². The number of carbonyl (C=O) groups is 1. The molecule has 1 rings (SSSR count). The third-order valence-corrected chi connectivity index (χ3v) is 2.30. The van der Waals surface area contributed by atoms with Gasteiger partial charge in [0, 0.05) is 6.04 Å². The van der Waals surface area contributed by atoms with Crippen molar-refractivity contribution in [2.75, 3.05) is 7.11 Å². The molecule has 100 valence electrons. The quantitative estimate of drug-likeness (QED) is 0.639. The maximum atomic E-state index is 11.7. The number of rotatable bonds is 4. The molecule has 1 aromatic carbocycles. The highest BCUT2D eigenvalue weighted by atomic mass is 16.5. The molecule has 0 aliphatic carbocycles. The Morgan fingerprint density at radius 1 is 1.53 bits per heavy atom. The lowest BCUT2D eigenvalue weighted by atomic mass is 10.1. The van der Waals surface area contributed by atoms with E-state index in [4.69, 9.17) is 10.00 Å². The lowest BCUT2D eigenvalue weighted by Gasteiger charge is -2.07. The van der Waals surface area contributed by atoms with E-state index >= 15 is 0 Å². The van der Waals surface area contributed by atoms with Gasteiger partial charge in [0.25, 0.3) is 5.91 Å². The van der Waals surface area contributed by atoms with Gasteiger partial charge in [0.15, 0.2) is 11.5 Å². The predicted octanol–water partition coefficient (Wildman–Crippen LogP) is 1.83. The van der Waals surface area contributed by atoms with Crippen LogP contribution < -0.4 is 10.1 Å². The van der Waals surface area contributed by atoms with Gasteiger partial charge in [0.2, 0.25) is 0 Å². The highest BCUT2D eigenvalue weighted by molar-refractivity contribution is 6.01. The maximum absolute atomic E-state index is 11.7. The van der Waals surface area contributed by atoms with Crippen molar-refractivity contribution in [1.29, 1.82) is 5.26 Å². The van der Waals surface area contributed by atoms with Crippen LogP contribution in [0.3, 0.4) is 0 Å². The summed E-state index contributed by atoms with van der Waals surface area (Å²) in [5, 5.41) is 21.2. The molecule has 5 heteroatoms. The van der Waals surface area contributed by atoms with Gasteiger partial charge in [-0.1, -0.05) is 6.07 Å². The standard InChI is InChI=1S/C14H16N2O3/c1-9(2)16-14(18)11(8-15)6-10-4-5-13(19-3)12(17)7-10/h4-7,9,17H,1-3H3,(H,16,18)/b11-6-. The average molecular weight is 260 g/mol. The van der Waals surface area contributed by atoms with Crippen molar-refractivity contribution in [3.05, 3.63) is 29.3 Å². The molecule has 0 bridgehead atoms. The minimum Gasteiger partial charge on any atom is -0.504 e. The molecule has 1 amide bonds. The molecule has 0 spiro atoms. The number of nitriles is 1. The highest BCUT2D eigenvalue weighted by Crippen LogP contribution is 2.27. The van der Waals surface area contributed by atoms with Crippen LogP contribution in [0.15, 0.2) is 23.8 Å². The monoisotopic (exact) mass is 260 g/mol. The molecule has 19 heavy (non-hydrogen) atoms. The molecule has 5 nitrogen and oxygen atoms in total. The number of benzene rings is 1. The molecule has 0 fully saturated rings. The predicted molar refractivity (Wildman–Crippen MR) is 71.5 cm³/mol. The van der Waals surface area contributed by atoms with E-state index in [1.54, 1.807) is 12.1 Å². The van der Waals surface area contributed by atoms with E-state index in [-0.39, 0.29) is 17.4 Å². The summed E-state index contributed by atoms with van der Waals surface area (Å²) in [6, 6.07) is 6.44. The number of nitrogens with one attached hydrogen (secondary N) is 1. The number of carbonyl (C=O) groups excluding carboxylic acids is 1. The Morgan fingerprint density at radius 2 is 2.21 bits per heavy atom. The molecule has 0 aliphatic heterocycles. The number of phenolic OH excluding ortho intramolecular Hbond substituents is 1. The van der Waals surface area contributed by atoms with Crippen molar-refractivity contribution in [2.24, 2.45) is 0 Å². The van der Waals surface area contributed by atoms with Crippen LogP contribution in [0.1, 0.15) is 19.4 Å². The van der Waals surface area contributed by atoms with E-state index < -0.39 is 5.91 Å². The second-order valence-electron chi connectivity index (χ2n) is 4.23. The molecular formula is C14H16N2O3.